The highest BCUT2D eigenvalue weighted by molar-refractivity contribution is 6.30. The Hall–Kier alpha value is -1.12. The van der Waals surface area contributed by atoms with Crippen molar-refractivity contribution in [2.75, 3.05) is 0 Å². The van der Waals surface area contributed by atoms with Crippen molar-refractivity contribution in [2.45, 2.75) is 32.8 Å². The lowest BCUT2D eigenvalue weighted by Crippen LogP contribution is -2.21. The predicted molar refractivity (Wildman–Crippen MR) is 71.5 cm³/mol. The summed E-state index contributed by atoms with van der Waals surface area (Å²) in [5.74, 6) is 0. The third-order valence-corrected chi connectivity index (χ3v) is 3.03. The van der Waals surface area contributed by atoms with Crippen molar-refractivity contribution in [1.82, 2.24) is 4.98 Å². The molecule has 2 rings (SSSR count). The molecule has 1 aromatic carbocycles. The van der Waals surface area contributed by atoms with E-state index in [1.54, 1.807) is 0 Å². The fraction of sp³-hybridized carbons (Fsp3) is 0.357. The second-order valence-corrected chi connectivity index (χ2v) is 5.47. The Balaban J connectivity index is 2.47. The van der Waals surface area contributed by atoms with Crippen LogP contribution >= 0.6 is 11.6 Å². The van der Waals surface area contributed by atoms with Crippen molar-refractivity contribution >= 4 is 22.5 Å². The molecule has 0 radical (unpaired) electrons. The quantitative estimate of drug-likeness (QED) is 0.827. The van der Waals surface area contributed by atoms with Crippen molar-refractivity contribution in [1.29, 1.82) is 0 Å². The number of aliphatic hydroxyl groups is 1. The van der Waals surface area contributed by atoms with Gasteiger partial charge in [0.05, 0.1) is 11.1 Å². The van der Waals surface area contributed by atoms with Gasteiger partial charge >= 0.3 is 0 Å². The normalized spacial score (nSPS) is 12.1. The summed E-state index contributed by atoms with van der Waals surface area (Å²) in [4.78, 5) is 4.32. The number of fused-ring (bicyclic) bond motifs is 1. The first-order chi connectivity index (χ1) is 7.85. The maximum Gasteiger partial charge on any atom is 0.132 e. The Morgan fingerprint density at radius 3 is 2.65 bits per heavy atom. The minimum Gasteiger partial charge on any atom is -0.390 e. The van der Waals surface area contributed by atoms with Crippen LogP contribution in [0.3, 0.4) is 0 Å². The molecule has 0 aliphatic rings. The zero-order valence-electron chi connectivity index (χ0n) is 10.3. The highest BCUT2D eigenvalue weighted by Crippen LogP contribution is 2.22. The van der Waals surface area contributed by atoms with Crippen molar-refractivity contribution in [3.63, 3.8) is 0 Å². The third-order valence-electron chi connectivity index (χ3n) is 2.64. The molecular formula is C14H16ClNO. The summed E-state index contributed by atoms with van der Waals surface area (Å²) in [7, 11) is 0. The summed E-state index contributed by atoms with van der Waals surface area (Å²) in [5, 5.41) is 11.4. The van der Waals surface area contributed by atoms with Crippen LogP contribution in [0, 0.1) is 6.92 Å². The number of rotatable bonds is 2. The lowest BCUT2D eigenvalue weighted by atomic mass is 9.97. The van der Waals surface area contributed by atoms with Crippen molar-refractivity contribution in [2.24, 2.45) is 0 Å². The van der Waals surface area contributed by atoms with Crippen LogP contribution < -0.4 is 0 Å². The van der Waals surface area contributed by atoms with E-state index in [4.69, 9.17) is 11.6 Å². The maximum atomic E-state index is 9.81. The van der Waals surface area contributed by atoms with Gasteiger partial charge in [0.15, 0.2) is 0 Å². The van der Waals surface area contributed by atoms with Crippen LogP contribution in [-0.2, 0) is 6.42 Å². The Morgan fingerprint density at radius 1 is 1.29 bits per heavy atom. The molecule has 0 spiro atoms. The van der Waals surface area contributed by atoms with Crippen LogP contribution in [0.25, 0.3) is 10.9 Å². The van der Waals surface area contributed by atoms with Gasteiger partial charge in [0.1, 0.15) is 5.15 Å². The molecule has 0 unspecified atom stereocenters. The van der Waals surface area contributed by atoms with Crippen LogP contribution in [0.4, 0.5) is 0 Å². The van der Waals surface area contributed by atoms with Gasteiger partial charge in [-0.1, -0.05) is 17.7 Å². The van der Waals surface area contributed by atoms with Gasteiger partial charge in [0.2, 0.25) is 0 Å². The molecule has 90 valence electrons. The van der Waals surface area contributed by atoms with Crippen LogP contribution in [0.2, 0.25) is 5.15 Å². The lowest BCUT2D eigenvalue weighted by Gasteiger charge is -2.17. The van der Waals surface area contributed by atoms with E-state index < -0.39 is 5.60 Å². The molecule has 0 fully saturated rings. The Kier molecular flexibility index (Phi) is 3.11. The van der Waals surface area contributed by atoms with Crippen LogP contribution in [0.1, 0.15) is 25.0 Å². The average molecular weight is 250 g/mol. The molecule has 2 aromatic rings. The molecule has 1 heterocycles. The first-order valence-corrected chi connectivity index (χ1v) is 6.01. The molecule has 2 nitrogen and oxygen atoms in total. The standard InChI is InChI=1S/C14H16ClNO/c1-9-6-11-7-10(8-14(2,3)17)4-5-12(11)16-13(9)15/h4-7,17H,8H2,1-3H3. The summed E-state index contributed by atoms with van der Waals surface area (Å²) in [5.41, 5.74) is 2.27. The second-order valence-electron chi connectivity index (χ2n) is 5.11. The average Bonchev–Trinajstić information content (AvgIpc) is 2.18. The van der Waals surface area contributed by atoms with E-state index in [9.17, 15) is 5.11 Å². The third kappa shape index (κ3) is 2.96. The number of hydrogen-bond acceptors (Lipinski definition) is 2. The van der Waals surface area contributed by atoms with E-state index in [0.29, 0.717) is 11.6 Å². The summed E-state index contributed by atoms with van der Waals surface area (Å²) in [6.07, 6.45) is 0.630. The zero-order valence-corrected chi connectivity index (χ0v) is 11.0. The van der Waals surface area contributed by atoms with Gasteiger partial charge < -0.3 is 5.11 Å². The summed E-state index contributed by atoms with van der Waals surface area (Å²) < 4.78 is 0. The number of halogens is 1. The van der Waals surface area contributed by atoms with Gasteiger partial charge in [0.25, 0.3) is 0 Å². The fourth-order valence-corrected chi connectivity index (χ4v) is 2.06. The molecule has 0 amide bonds. The first kappa shape index (κ1) is 12.3. The molecule has 0 saturated carbocycles. The fourth-order valence-electron chi connectivity index (χ4n) is 1.92. The van der Waals surface area contributed by atoms with Gasteiger partial charge in [-0.05, 0) is 50.1 Å². The number of aryl methyl sites for hydroxylation is 1. The number of nitrogens with zero attached hydrogens (tertiary/aromatic N) is 1. The number of hydrogen-bond donors (Lipinski definition) is 1. The Labute approximate surface area is 106 Å². The second kappa shape index (κ2) is 4.28. The summed E-state index contributed by atoms with van der Waals surface area (Å²) >= 11 is 5.98. The van der Waals surface area contributed by atoms with E-state index >= 15 is 0 Å². The molecule has 1 N–H and O–H groups in total. The van der Waals surface area contributed by atoms with Gasteiger partial charge in [-0.25, -0.2) is 4.98 Å². The smallest absolute Gasteiger partial charge is 0.132 e. The zero-order chi connectivity index (χ0) is 12.6. The van der Waals surface area contributed by atoms with Crippen LogP contribution in [0.15, 0.2) is 24.3 Å². The van der Waals surface area contributed by atoms with Crippen LogP contribution in [-0.4, -0.2) is 15.7 Å². The van der Waals surface area contributed by atoms with Gasteiger partial charge in [-0.15, -0.1) is 0 Å². The lowest BCUT2D eigenvalue weighted by molar-refractivity contribution is 0.0810. The number of aromatic nitrogens is 1. The van der Waals surface area contributed by atoms with Crippen molar-refractivity contribution in [3.8, 4) is 0 Å². The predicted octanol–water partition coefficient (Wildman–Crippen LogP) is 3.51. The van der Waals surface area contributed by atoms with Gasteiger partial charge in [0, 0.05) is 11.8 Å². The monoisotopic (exact) mass is 249 g/mol. The molecule has 17 heavy (non-hydrogen) atoms. The highest BCUT2D eigenvalue weighted by atomic mass is 35.5. The molecule has 1 aromatic heterocycles. The van der Waals surface area contributed by atoms with E-state index in [0.717, 1.165) is 22.0 Å². The number of pyridine rings is 1. The molecule has 3 heteroatoms. The Morgan fingerprint density at radius 2 is 2.00 bits per heavy atom. The van der Waals surface area contributed by atoms with Crippen LogP contribution in [0.5, 0.6) is 0 Å². The molecule has 0 saturated heterocycles. The Bertz CT molecular complexity index is 558. The summed E-state index contributed by atoms with van der Waals surface area (Å²) in [6, 6.07) is 8.02. The topological polar surface area (TPSA) is 33.1 Å². The van der Waals surface area contributed by atoms with E-state index in [1.165, 1.54) is 0 Å². The van der Waals surface area contributed by atoms with E-state index in [2.05, 4.69) is 11.1 Å². The molecule has 0 atom stereocenters. The minimum atomic E-state index is -0.692. The molecular weight excluding hydrogens is 234 g/mol. The first-order valence-electron chi connectivity index (χ1n) is 5.63. The SMILES string of the molecule is Cc1cc2cc(CC(C)(C)O)ccc2nc1Cl. The minimum absolute atomic E-state index is 0.549. The van der Waals surface area contributed by atoms with Crippen molar-refractivity contribution < 1.29 is 5.11 Å². The molecule has 0 aliphatic carbocycles. The number of benzene rings is 1. The van der Waals surface area contributed by atoms with Gasteiger partial charge in [-0.3, -0.25) is 0 Å². The molecule has 0 aliphatic heterocycles. The maximum absolute atomic E-state index is 9.81. The van der Waals surface area contributed by atoms with E-state index in [1.807, 2.05) is 39.0 Å². The highest BCUT2D eigenvalue weighted by Gasteiger charge is 2.13. The van der Waals surface area contributed by atoms with E-state index in [-0.39, 0.29) is 0 Å². The summed E-state index contributed by atoms with van der Waals surface area (Å²) in [6.45, 7) is 5.56. The largest absolute Gasteiger partial charge is 0.390 e. The van der Waals surface area contributed by atoms with Crippen molar-refractivity contribution in [3.05, 3.63) is 40.5 Å². The molecule has 0 bridgehead atoms. The van der Waals surface area contributed by atoms with Gasteiger partial charge in [-0.2, -0.15) is 0 Å².